The number of rotatable bonds is 1. The van der Waals surface area contributed by atoms with Crippen LogP contribution in [-0.2, 0) is 4.79 Å². The third-order valence-corrected chi connectivity index (χ3v) is 3.72. The van der Waals surface area contributed by atoms with Gasteiger partial charge in [0.25, 0.3) is 0 Å². The van der Waals surface area contributed by atoms with E-state index in [1.807, 2.05) is 0 Å². The highest BCUT2D eigenvalue weighted by Gasteiger charge is 2.41. The normalized spacial score (nSPS) is 33.5. The van der Waals surface area contributed by atoms with Crippen LogP contribution >= 0.6 is 0 Å². The molecule has 1 N–H and O–H groups in total. The minimum Gasteiger partial charge on any atom is -0.324 e. The second-order valence-corrected chi connectivity index (χ2v) is 6.45. The molecular formula is C13H26NO+. The third-order valence-electron chi connectivity index (χ3n) is 3.72. The molecule has 15 heavy (non-hydrogen) atoms. The Morgan fingerprint density at radius 2 is 1.87 bits per heavy atom. The number of carbonyl (C=O) groups excluding carboxylic acids is 1. The van der Waals surface area contributed by atoms with Crippen LogP contribution in [0.4, 0.5) is 0 Å². The molecule has 2 nitrogen and oxygen atoms in total. The molecule has 1 saturated heterocycles. The van der Waals surface area contributed by atoms with Crippen molar-refractivity contribution in [2.45, 2.75) is 47.1 Å². The van der Waals surface area contributed by atoms with Gasteiger partial charge in [0, 0.05) is 11.8 Å². The summed E-state index contributed by atoms with van der Waals surface area (Å²) in [7, 11) is 0. The van der Waals surface area contributed by atoms with Crippen LogP contribution in [0.1, 0.15) is 41.5 Å². The topological polar surface area (TPSA) is 21.5 Å². The maximum Gasteiger partial charge on any atom is 0.190 e. The standard InChI is InChI=1S/C13H25NO/c1-9(2)12-10(3)7-14(8-11(12)15)13(4,5)6/h9-10,12H,7-8H2,1-6H3/p+1/t10-,12+/m1/s1. The highest BCUT2D eigenvalue weighted by atomic mass is 16.1. The molecule has 1 aliphatic rings. The Labute approximate surface area is 94.0 Å². The molecule has 0 aromatic heterocycles. The van der Waals surface area contributed by atoms with Crippen LogP contribution in [0.5, 0.6) is 0 Å². The predicted molar refractivity (Wildman–Crippen MR) is 62.9 cm³/mol. The predicted octanol–water partition coefficient (Wildman–Crippen LogP) is 1.16. The van der Waals surface area contributed by atoms with Crippen molar-refractivity contribution in [2.24, 2.45) is 17.8 Å². The van der Waals surface area contributed by atoms with Crippen LogP contribution in [0.2, 0.25) is 0 Å². The molecule has 1 fully saturated rings. The summed E-state index contributed by atoms with van der Waals surface area (Å²) in [5, 5.41) is 0. The number of carbonyl (C=O) groups is 1. The maximum absolute atomic E-state index is 12.1. The van der Waals surface area contributed by atoms with E-state index >= 15 is 0 Å². The average molecular weight is 212 g/mol. The molecule has 0 amide bonds. The molecule has 0 spiro atoms. The Morgan fingerprint density at radius 1 is 1.33 bits per heavy atom. The first-order chi connectivity index (χ1) is 6.73. The van der Waals surface area contributed by atoms with Crippen LogP contribution in [0.25, 0.3) is 0 Å². The first-order valence-corrected chi connectivity index (χ1v) is 6.11. The molecule has 0 aromatic rings. The van der Waals surface area contributed by atoms with Gasteiger partial charge in [-0.1, -0.05) is 20.8 Å². The number of hydrogen-bond acceptors (Lipinski definition) is 1. The Balaban J connectivity index is 2.76. The number of piperidine rings is 1. The van der Waals surface area contributed by atoms with E-state index in [1.165, 1.54) is 4.90 Å². The fraction of sp³-hybridized carbons (Fsp3) is 0.923. The van der Waals surface area contributed by atoms with E-state index in [0.717, 1.165) is 13.1 Å². The van der Waals surface area contributed by atoms with Crippen LogP contribution in [0.3, 0.4) is 0 Å². The van der Waals surface area contributed by atoms with E-state index < -0.39 is 0 Å². The van der Waals surface area contributed by atoms with Crippen molar-refractivity contribution in [2.75, 3.05) is 13.1 Å². The number of likely N-dealkylation sites (tertiary alicyclic amines) is 1. The van der Waals surface area contributed by atoms with Gasteiger partial charge in [-0.3, -0.25) is 4.79 Å². The Morgan fingerprint density at radius 3 is 2.20 bits per heavy atom. The second-order valence-electron chi connectivity index (χ2n) is 6.45. The molecular weight excluding hydrogens is 186 g/mol. The third kappa shape index (κ3) is 2.81. The summed E-state index contributed by atoms with van der Waals surface area (Å²) in [5.41, 5.74) is 0.200. The fourth-order valence-electron chi connectivity index (χ4n) is 2.83. The van der Waals surface area contributed by atoms with Crippen LogP contribution in [-0.4, -0.2) is 24.4 Å². The van der Waals surface area contributed by atoms with E-state index in [4.69, 9.17) is 0 Å². The zero-order valence-corrected chi connectivity index (χ0v) is 11.1. The van der Waals surface area contributed by atoms with Gasteiger partial charge in [-0.25, -0.2) is 0 Å². The van der Waals surface area contributed by atoms with Gasteiger partial charge in [0.2, 0.25) is 0 Å². The van der Waals surface area contributed by atoms with Crippen LogP contribution in [0.15, 0.2) is 0 Å². The minimum atomic E-state index is 0.200. The van der Waals surface area contributed by atoms with Crippen LogP contribution in [0, 0.1) is 17.8 Å². The molecule has 0 aromatic carbocycles. The van der Waals surface area contributed by atoms with Crippen molar-refractivity contribution in [1.82, 2.24) is 0 Å². The number of nitrogens with one attached hydrogen (secondary N) is 1. The van der Waals surface area contributed by atoms with Crippen molar-refractivity contribution in [3.63, 3.8) is 0 Å². The largest absolute Gasteiger partial charge is 0.324 e. The SMILES string of the molecule is CC(C)[C@@H]1C(=O)C[NH+](C(C)(C)C)C[C@H]1C. The lowest BCUT2D eigenvalue weighted by molar-refractivity contribution is -0.945. The Bertz CT molecular complexity index is 239. The summed E-state index contributed by atoms with van der Waals surface area (Å²) in [5.74, 6) is 1.78. The minimum absolute atomic E-state index is 0.200. The molecule has 1 heterocycles. The zero-order valence-electron chi connectivity index (χ0n) is 11.1. The van der Waals surface area contributed by atoms with Crippen molar-refractivity contribution in [1.29, 1.82) is 0 Å². The zero-order chi connectivity index (χ0) is 11.8. The summed E-state index contributed by atoms with van der Waals surface area (Å²) >= 11 is 0. The summed E-state index contributed by atoms with van der Waals surface area (Å²) in [4.78, 5) is 13.5. The van der Waals surface area contributed by atoms with E-state index in [0.29, 0.717) is 17.6 Å². The summed E-state index contributed by atoms with van der Waals surface area (Å²) in [6.07, 6.45) is 0. The highest BCUT2D eigenvalue weighted by Crippen LogP contribution is 2.23. The van der Waals surface area contributed by atoms with Gasteiger partial charge >= 0.3 is 0 Å². The first kappa shape index (κ1) is 12.7. The molecule has 88 valence electrons. The average Bonchev–Trinajstić information content (AvgIpc) is 1.99. The fourth-order valence-corrected chi connectivity index (χ4v) is 2.83. The second kappa shape index (κ2) is 4.25. The highest BCUT2D eigenvalue weighted by molar-refractivity contribution is 5.82. The number of Topliss-reactive ketones (excluding diaryl/α,β-unsaturated/α-hetero) is 1. The molecule has 0 bridgehead atoms. The maximum atomic E-state index is 12.1. The molecule has 0 aliphatic carbocycles. The van der Waals surface area contributed by atoms with Gasteiger partial charge in [-0.2, -0.15) is 0 Å². The number of quaternary nitrogens is 1. The molecule has 0 saturated carbocycles. The van der Waals surface area contributed by atoms with E-state index in [-0.39, 0.29) is 11.5 Å². The molecule has 2 heteroatoms. The van der Waals surface area contributed by atoms with Crippen LogP contribution < -0.4 is 4.90 Å². The van der Waals surface area contributed by atoms with Gasteiger partial charge < -0.3 is 4.90 Å². The summed E-state index contributed by atoms with van der Waals surface area (Å²) in [6, 6.07) is 0. The molecule has 0 radical (unpaired) electrons. The van der Waals surface area contributed by atoms with Gasteiger partial charge in [0.15, 0.2) is 5.78 Å². The number of ketones is 1. The van der Waals surface area contributed by atoms with Crippen molar-refractivity contribution >= 4 is 5.78 Å². The molecule has 3 atom stereocenters. The molecule has 1 rings (SSSR count). The van der Waals surface area contributed by atoms with E-state index in [1.54, 1.807) is 0 Å². The van der Waals surface area contributed by atoms with Crippen molar-refractivity contribution < 1.29 is 9.69 Å². The Hall–Kier alpha value is -0.370. The van der Waals surface area contributed by atoms with Crippen molar-refractivity contribution in [3.05, 3.63) is 0 Å². The molecule has 1 aliphatic heterocycles. The van der Waals surface area contributed by atoms with E-state index in [9.17, 15) is 4.79 Å². The lowest BCUT2D eigenvalue weighted by Crippen LogP contribution is -3.21. The Kier molecular flexibility index (Phi) is 3.59. The van der Waals surface area contributed by atoms with Gasteiger partial charge in [-0.05, 0) is 26.7 Å². The van der Waals surface area contributed by atoms with E-state index in [2.05, 4.69) is 41.5 Å². The lowest BCUT2D eigenvalue weighted by atomic mass is 9.77. The smallest absolute Gasteiger partial charge is 0.190 e. The van der Waals surface area contributed by atoms with Crippen molar-refractivity contribution in [3.8, 4) is 0 Å². The summed E-state index contributed by atoms with van der Waals surface area (Å²) in [6.45, 7) is 15.1. The quantitative estimate of drug-likeness (QED) is 0.692. The summed E-state index contributed by atoms with van der Waals surface area (Å²) < 4.78 is 0. The van der Waals surface area contributed by atoms with Gasteiger partial charge in [0.05, 0.1) is 12.1 Å². The molecule has 1 unspecified atom stereocenters. The number of hydrogen-bond donors (Lipinski definition) is 1. The monoisotopic (exact) mass is 212 g/mol. The first-order valence-electron chi connectivity index (χ1n) is 6.11. The van der Waals surface area contributed by atoms with Gasteiger partial charge in [0.1, 0.15) is 6.54 Å². The van der Waals surface area contributed by atoms with Gasteiger partial charge in [-0.15, -0.1) is 0 Å². The lowest BCUT2D eigenvalue weighted by Gasteiger charge is -2.41.